The molecule has 0 aromatic heterocycles. The van der Waals surface area contributed by atoms with Gasteiger partial charge in [-0.15, -0.1) is 0 Å². The van der Waals surface area contributed by atoms with Crippen molar-refractivity contribution in [1.82, 2.24) is 0 Å². The first-order chi connectivity index (χ1) is 27.5. The highest BCUT2D eigenvalue weighted by Gasteiger charge is 2.35. The van der Waals surface area contributed by atoms with E-state index >= 15 is 0 Å². The van der Waals surface area contributed by atoms with Crippen LogP contribution in [0.2, 0.25) is 0 Å². The van der Waals surface area contributed by atoms with Crippen LogP contribution in [0.25, 0.3) is 76.5 Å². The van der Waals surface area contributed by atoms with Gasteiger partial charge in [0, 0.05) is 22.5 Å². The Morgan fingerprint density at radius 3 is 1.62 bits per heavy atom. The molecule has 0 saturated heterocycles. The first-order valence-corrected chi connectivity index (χ1v) is 19.6. The van der Waals surface area contributed by atoms with Crippen LogP contribution in [0.3, 0.4) is 0 Å². The summed E-state index contributed by atoms with van der Waals surface area (Å²) < 4.78 is 0. The minimum Gasteiger partial charge on any atom is -0.310 e. The third kappa shape index (κ3) is 4.94. The highest BCUT2D eigenvalue weighted by Crippen LogP contribution is 2.51. The number of hydrogen-bond donors (Lipinski definition) is 0. The first kappa shape index (κ1) is 32.5. The summed E-state index contributed by atoms with van der Waals surface area (Å²) >= 11 is 0. The van der Waals surface area contributed by atoms with Gasteiger partial charge in [0.25, 0.3) is 0 Å². The van der Waals surface area contributed by atoms with Crippen LogP contribution >= 0.6 is 0 Å². The molecule has 0 unspecified atom stereocenters. The van der Waals surface area contributed by atoms with Crippen molar-refractivity contribution in [2.24, 2.45) is 0 Å². The Bertz CT molecular complexity index is 3140. The zero-order chi connectivity index (χ0) is 37.4. The molecule has 0 spiro atoms. The van der Waals surface area contributed by atoms with Gasteiger partial charge in [-0.3, -0.25) is 0 Å². The van der Waals surface area contributed by atoms with Gasteiger partial charge in [0.2, 0.25) is 0 Å². The Hall–Kier alpha value is -6.96. The van der Waals surface area contributed by atoms with Gasteiger partial charge in [0.15, 0.2) is 0 Å². The van der Waals surface area contributed by atoms with Gasteiger partial charge in [-0.25, -0.2) is 0 Å². The molecule has 0 saturated carbocycles. The summed E-state index contributed by atoms with van der Waals surface area (Å²) in [6, 6.07) is 73.8. The fourth-order valence-corrected chi connectivity index (χ4v) is 9.51. The Balaban J connectivity index is 1.07. The third-order valence-corrected chi connectivity index (χ3v) is 12.2. The van der Waals surface area contributed by atoms with Crippen LogP contribution in [-0.4, -0.2) is 0 Å². The lowest BCUT2D eigenvalue weighted by atomic mass is 9.82. The van der Waals surface area contributed by atoms with E-state index in [-0.39, 0.29) is 5.41 Å². The zero-order valence-corrected chi connectivity index (χ0v) is 31.5. The van der Waals surface area contributed by atoms with Crippen molar-refractivity contribution in [2.75, 3.05) is 4.90 Å². The molecule has 264 valence electrons. The summed E-state index contributed by atoms with van der Waals surface area (Å²) in [5, 5.41) is 10.3. The van der Waals surface area contributed by atoms with Crippen LogP contribution in [0, 0.1) is 0 Å². The van der Waals surface area contributed by atoms with Crippen molar-refractivity contribution in [1.29, 1.82) is 0 Å². The minimum atomic E-state index is -0.0784. The maximum Gasteiger partial charge on any atom is 0.0465 e. The van der Waals surface area contributed by atoms with Crippen LogP contribution in [0.5, 0.6) is 0 Å². The van der Waals surface area contributed by atoms with Crippen LogP contribution < -0.4 is 4.90 Å². The lowest BCUT2D eigenvalue weighted by molar-refractivity contribution is 0.660. The molecule has 0 aliphatic heterocycles. The van der Waals surface area contributed by atoms with Crippen molar-refractivity contribution in [3.63, 3.8) is 0 Å². The average Bonchev–Trinajstić information content (AvgIpc) is 3.49. The highest BCUT2D eigenvalue weighted by molar-refractivity contribution is 6.33. The fourth-order valence-electron chi connectivity index (χ4n) is 9.51. The Morgan fingerprint density at radius 1 is 0.304 bits per heavy atom. The summed E-state index contributed by atoms with van der Waals surface area (Å²) in [4.78, 5) is 2.39. The van der Waals surface area contributed by atoms with Crippen LogP contribution in [0.4, 0.5) is 17.1 Å². The molecule has 1 aliphatic rings. The fraction of sp³-hybridized carbons (Fsp3) is 0.0545. The first-order valence-electron chi connectivity index (χ1n) is 19.6. The topological polar surface area (TPSA) is 3.24 Å². The molecule has 0 atom stereocenters. The molecule has 10 aromatic rings. The standard InChI is InChI=1S/C55H39N/c1-55(2)52-24-14-13-22-45(52)46-32-30-41(34-53(46)55)56(39-17-7-4-8-18-39)40-28-25-37(26-29-40)49-35-51-43-20-10-9-19-42(43)50-33-38(36-15-5-3-6-16-36)27-31-48(50)54(51)47-23-12-11-21-44(47)49/h3-35H,1-2H3. The van der Waals surface area contributed by atoms with E-state index < -0.39 is 0 Å². The van der Waals surface area contributed by atoms with Gasteiger partial charge in [0.1, 0.15) is 0 Å². The van der Waals surface area contributed by atoms with Gasteiger partial charge in [-0.1, -0.05) is 166 Å². The number of benzene rings is 10. The lowest BCUT2D eigenvalue weighted by Gasteiger charge is -2.28. The van der Waals surface area contributed by atoms with E-state index in [0.717, 1.165) is 17.1 Å². The second-order valence-electron chi connectivity index (χ2n) is 15.7. The molecular weight excluding hydrogens is 675 g/mol. The molecule has 10 aromatic carbocycles. The molecular formula is C55H39N. The number of para-hydroxylation sites is 1. The molecule has 1 aliphatic carbocycles. The Morgan fingerprint density at radius 2 is 0.857 bits per heavy atom. The van der Waals surface area contributed by atoms with Crippen molar-refractivity contribution in [3.8, 4) is 33.4 Å². The minimum absolute atomic E-state index is 0.0784. The van der Waals surface area contributed by atoms with Crippen molar-refractivity contribution in [3.05, 3.63) is 211 Å². The third-order valence-electron chi connectivity index (χ3n) is 12.2. The number of nitrogens with zero attached hydrogens (tertiary/aromatic N) is 1. The van der Waals surface area contributed by atoms with Crippen molar-refractivity contribution in [2.45, 2.75) is 19.3 Å². The zero-order valence-electron chi connectivity index (χ0n) is 31.5. The molecule has 1 heteroatoms. The molecule has 0 radical (unpaired) electrons. The number of anilines is 3. The van der Waals surface area contributed by atoms with Gasteiger partial charge in [-0.2, -0.15) is 0 Å². The van der Waals surface area contributed by atoms with E-state index in [1.54, 1.807) is 0 Å². The van der Waals surface area contributed by atoms with Gasteiger partial charge in [-0.05, 0) is 136 Å². The van der Waals surface area contributed by atoms with E-state index in [4.69, 9.17) is 0 Å². The summed E-state index contributed by atoms with van der Waals surface area (Å²) in [6.07, 6.45) is 0. The van der Waals surface area contributed by atoms with Crippen LogP contribution in [0.1, 0.15) is 25.0 Å². The molecule has 0 N–H and O–H groups in total. The predicted octanol–water partition coefficient (Wildman–Crippen LogP) is 15.4. The van der Waals surface area contributed by atoms with E-state index in [0.29, 0.717) is 0 Å². The molecule has 0 bridgehead atoms. The van der Waals surface area contributed by atoms with E-state index in [1.807, 2.05) is 0 Å². The quantitative estimate of drug-likeness (QED) is 0.161. The molecule has 56 heavy (non-hydrogen) atoms. The number of rotatable bonds is 5. The van der Waals surface area contributed by atoms with Crippen LogP contribution in [0.15, 0.2) is 200 Å². The average molecular weight is 714 g/mol. The second kappa shape index (κ2) is 12.5. The van der Waals surface area contributed by atoms with Gasteiger partial charge >= 0.3 is 0 Å². The monoisotopic (exact) mass is 713 g/mol. The van der Waals surface area contributed by atoms with Crippen molar-refractivity contribution >= 4 is 60.2 Å². The number of hydrogen-bond acceptors (Lipinski definition) is 1. The Labute approximate surface area is 327 Å². The van der Waals surface area contributed by atoms with E-state index in [1.165, 1.54) is 87.6 Å². The van der Waals surface area contributed by atoms with Crippen molar-refractivity contribution < 1.29 is 0 Å². The number of fused-ring (bicyclic) bond motifs is 11. The maximum atomic E-state index is 2.44. The summed E-state index contributed by atoms with van der Waals surface area (Å²) in [5.41, 5.74) is 13.7. The SMILES string of the molecule is CC1(C)c2ccccc2-c2ccc(N(c3ccccc3)c3ccc(-c4cc5c6ccccc6c6cc(-c7ccccc7)ccc6c5c5ccccc45)cc3)cc21. The van der Waals surface area contributed by atoms with Crippen LogP contribution in [-0.2, 0) is 5.41 Å². The molecule has 0 amide bonds. The summed E-state index contributed by atoms with van der Waals surface area (Å²) in [5.74, 6) is 0. The largest absolute Gasteiger partial charge is 0.310 e. The smallest absolute Gasteiger partial charge is 0.0465 e. The molecule has 11 rings (SSSR count). The molecule has 0 heterocycles. The van der Waals surface area contributed by atoms with E-state index in [9.17, 15) is 0 Å². The predicted molar refractivity (Wildman–Crippen MR) is 240 cm³/mol. The highest BCUT2D eigenvalue weighted by atomic mass is 15.1. The second-order valence-corrected chi connectivity index (χ2v) is 15.7. The molecule has 0 fully saturated rings. The van der Waals surface area contributed by atoms with E-state index in [2.05, 4.69) is 219 Å². The lowest BCUT2D eigenvalue weighted by Crippen LogP contribution is -2.16. The molecule has 1 nitrogen and oxygen atoms in total. The Kier molecular flexibility index (Phi) is 7.28. The summed E-state index contributed by atoms with van der Waals surface area (Å²) in [7, 11) is 0. The maximum absolute atomic E-state index is 2.44. The van der Waals surface area contributed by atoms with Gasteiger partial charge in [0.05, 0.1) is 0 Å². The summed E-state index contributed by atoms with van der Waals surface area (Å²) in [6.45, 7) is 4.70. The normalized spacial score (nSPS) is 13.0. The van der Waals surface area contributed by atoms with Gasteiger partial charge < -0.3 is 4.90 Å².